The van der Waals surface area contributed by atoms with Crippen molar-refractivity contribution in [2.24, 2.45) is 5.92 Å². The Morgan fingerprint density at radius 2 is 1.63 bits per heavy atom. The lowest BCUT2D eigenvalue weighted by Gasteiger charge is -2.35. The number of carbonyl (C=O) groups is 3. The molecule has 2 atom stereocenters. The largest absolute Gasteiger partial charge is 0.339 e. The molecule has 156 valence electrons. The summed E-state index contributed by atoms with van der Waals surface area (Å²) in [6.07, 6.45) is 1.86. The Balaban J connectivity index is 1.33. The highest BCUT2D eigenvalue weighted by atomic mass is 16.2. The van der Waals surface area contributed by atoms with E-state index in [0.717, 1.165) is 5.56 Å². The zero-order valence-corrected chi connectivity index (χ0v) is 17.1. The highest BCUT2D eigenvalue weighted by Gasteiger charge is 2.39. The van der Waals surface area contributed by atoms with E-state index in [1.165, 1.54) is 0 Å². The Bertz CT molecular complexity index is 911. The number of likely N-dealkylation sites (tertiary alicyclic amines) is 1. The molecule has 2 aliphatic rings. The van der Waals surface area contributed by atoms with E-state index in [1.54, 1.807) is 39.1 Å². The van der Waals surface area contributed by atoms with Gasteiger partial charge in [-0.25, -0.2) is 0 Å². The molecule has 0 radical (unpaired) electrons. The molecule has 7 heteroatoms. The van der Waals surface area contributed by atoms with Gasteiger partial charge in [0.1, 0.15) is 5.69 Å². The molecule has 0 aliphatic carbocycles. The normalized spacial score (nSPS) is 20.4. The average molecular weight is 406 g/mol. The third-order valence-corrected chi connectivity index (χ3v) is 6.02. The first-order chi connectivity index (χ1) is 14.5. The summed E-state index contributed by atoms with van der Waals surface area (Å²) in [6, 6.07) is 15.1. The molecular formula is C23H26N4O3. The number of carbonyl (C=O) groups excluding carboxylic acids is 3. The molecule has 7 nitrogen and oxygen atoms in total. The number of pyridine rings is 1. The minimum absolute atomic E-state index is 0.0102. The number of rotatable bonds is 4. The van der Waals surface area contributed by atoms with Crippen LogP contribution in [0, 0.1) is 5.92 Å². The van der Waals surface area contributed by atoms with Gasteiger partial charge in [-0.2, -0.15) is 0 Å². The summed E-state index contributed by atoms with van der Waals surface area (Å²) < 4.78 is 0. The van der Waals surface area contributed by atoms with Gasteiger partial charge in [-0.3, -0.25) is 19.4 Å². The molecule has 1 aromatic heterocycles. The van der Waals surface area contributed by atoms with Gasteiger partial charge in [0.2, 0.25) is 11.8 Å². The number of hydrogen-bond donors (Lipinski definition) is 0. The Labute approximate surface area is 176 Å². The van der Waals surface area contributed by atoms with Gasteiger partial charge in [0.05, 0.1) is 12.0 Å². The maximum atomic E-state index is 13.0. The summed E-state index contributed by atoms with van der Waals surface area (Å²) in [5.41, 5.74) is 1.49. The first-order valence-corrected chi connectivity index (χ1v) is 10.4. The van der Waals surface area contributed by atoms with Gasteiger partial charge >= 0.3 is 0 Å². The van der Waals surface area contributed by atoms with E-state index in [9.17, 15) is 14.4 Å². The summed E-state index contributed by atoms with van der Waals surface area (Å²) in [5, 5.41) is 0. The molecule has 0 N–H and O–H groups in total. The van der Waals surface area contributed by atoms with Crippen LogP contribution in [0.3, 0.4) is 0 Å². The van der Waals surface area contributed by atoms with Gasteiger partial charge in [0.15, 0.2) is 0 Å². The summed E-state index contributed by atoms with van der Waals surface area (Å²) in [5.74, 6) is -0.395. The molecule has 30 heavy (non-hydrogen) atoms. The van der Waals surface area contributed by atoms with Gasteiger partial charge in [-0.1, -0.05) is 36.4 Å². The fraction of sp³-hybridized carbons (Fsp3) is 0.391. The Hall–Kier alpha value is -3.22. The first kappa shape index (κ1) is 20.1. The highest BCUT2D eigenvalue weighted by molar-refractivity contribution is 5.93. The molecule has 2 fully saturated rings. The van der Waals surface area contributed by atoms with Crippen molar-refractivity contribution in [2.75, 3.05) is 32.7 Å². The zero-order chi connectivity index (χ0) is 21.1. The molecule has 2 aromatic rings. The van der Waals surface area contributed by atoms with Gasteiger partial charge in [-0.15, -0.1) is 0 Å². The molecule has 2 aliphatic heterocycles. The van der Waals surface area contributed by atoms with Crippen LogP contribution in [-0.4, -0.2) is 70.1 Å². The average Bonchev–Trinajstić information content (AvgIpc) is 3.20. The number of amides is 3. The molecule has 2 saturated heterocycles. The Kier molecular flexibility index (Phi) is 5.79. The monoisotopic (exact) mass is 406 g/mol. The van der Waals surface area contributed by atoms with Crippen molar-refractivity contribution in [2.45, 2.75) is 19.4 Å². The highest BCUT2D eigenvalue weighted by Crippen LogP contribution is 2.29. The fourth-order valence-corrected chi connectivity index (χ4v) is 4.22. The number of nitrogens with zero attached hydrogens (tertiary/aromatic N) is 4. The molecule has 3 amide bonds. The van der Waals surface area contributed by atoms with Crippen molar-refractivity contribution < 1.29 is 14.4 Å². The van der Waals surface area contributed by atoms with Crippen LogP contribution in [0.5, 0.6) is 0 Å². The Morgan fingerprint density at radius 3 is 2.30 bits per heavy atom. The maximum Gasteiger partial charge on any atom is 0.272 e. The summed E-state index contributed by atoms with van der Waals surface area (Å²) in [7, 11) is 0. The quantitative estimate of drug-likeness (QED) is 0.778. The molecule has 0 bridgehead atoms. The predicted molar refractivity (Wildman–Crippen MR) is 111 cm³/mol. The number of hydrogen-bond acceptors (Lipinski definition) is 4. The second kappa shape index (κ2) is 8.65. The van der Waals surface area contributed by atoms with Crippen LogP contribution in [0.15, 0.2) is 54.7 Å². The third kappa shape index (κ3) is 4.06. The topological polar surface area (TPSA) is 73.8 Å². The van der Waals surface area contributed by atoms with E-state index in [2.05, 4.69) is 4.98 Å². The molecular weight excluding hydrogens is 380 g/mol. The third-order valence-electron chi connectivity index (χ3n) is 6.02. The van der Waals surface area contributed by atoms with Crippen molar-refractivity contribution >= 4 is 17.7 Å². The predicted octanol–water partition coefficient (Wildman–Crippen LogP) is 1.98. The van der Waals surface area contributed by atoms with Crippen molar-refractivity contribution in [3.05, 3.63) is 66.0 Å². The number of aromatic nitrogens is 1. The summed E-state index contributed by atoms with van der Waals surface area (Å²) in [6.45, 7) is 4.37. The van der Waals surface area contributed by atoms with E-state index in [-0.39, 0.29) is 36.1 Å². The van der Waals surface area contributed by atoms with Crippen LogP contribution in [-0.2, 0) is 9.59 Å². The lowest BCUT2D eigenvalue weighted by molar-refractivity contribution is -0.137. The summed E-state index contributed by atoms with van der Waals surface area (Å²) in [4.78, 5) is 47.6. The maximum absolute atomic E-state index is 13.0. The van der Waals surface area contributed by atoms with Crippen molar-refractivity contribution in [3.63, 3.8) is 0 Å². The smallest absolute Gasteiger partial charge is 0.272 e. The van der Waals surface area contributed by atoms with Crippen molar-refractivity contribution in [1.82, 2.24) is 19.7 Å². The molecule has 4 rings (SSSR count). The van der Waals surface area contributed by atoms with E-state index < -0.39 is 0 Å². The fourth-order valence-electron chi connectivity index (χ4n) is 4.22. The second-order valence-electron chi connectivity index (χ2n) is 7.87. The zero-order valence-electron chi connectivity index (χ0n) is 17.1. The van der Waals surface area contributed by atoms with Gasteiger partial charge in [0, 0.05) is 45.3 Å². The second-order valence-corrected chi connectivity index (χ2v) is 7.87. The van der Waals surface area contributed by atoms with Gasteiger partial charge in [0.25, 0.3) is 5.91 Å². The summed E-state index contributed by atoms with van der Waals surface area (Å²) >= 11 is 0. The van der Waals surface area contributed by atoms with Crippen LogP contribution in [0.1, 0.15) is 35.4 Å². The lowest BCUT2D eigenvalue weighted by atomic mass is 10.1. The van der Waals surface area contributed by atoms with E-state index in [0.29, 0.717) is 38.4 Å². The minimum Gasteiger partial charge on any atom is -0.339 e. The van der Waals surface area contributed by atoms with Crippen LogP contribution >= 0.6 is 0 Å². The van der Waals surface area contributed by atoms with Crippen LogP contribution in [0.2, 0.25) is 0 Å². The standard InChI is InChI=1S/C23H26N4O3/c1-17(18-7-3-2-4-8-18)27-16-19(15-21(27)28)22(29)25-11-13-26(14-12-25)23(30)20-9-5-6-10-24-20/h2-10,17,19H,11-16H2,1H3. The van der Waals surface area contributed by atoms with Gasteiger partial charge < -0.3 is 14.7 Å². The van der Waals surface area contributed by atoms with E-state index in [4.69, 9.17) is 0 Å². The molecule has 2 unspecified atom stereocenters. The van der Waals surface area contributed by atoms with Crippen molar-refractivity contribution in [1.29, 1.82) is 0 Å². The van der Waals surface area contributed by atoms with Gasteiger partial charge in [-0.05, 0) is 24.6 Å². The van der Waals surface area contributed by atoms with E-state index in [1.807, 2.05) is 37.3 Å². The molecule has 0 spiro atoms. The minimum atomic E-state index is -0.318. The van der Waals surface area contributed by atoms with E-state index >= 15 is 0 Å². The number of benzene rings is 1. The van der Waals surface area contributed by atoms with Crippen LogP contribution in [0.25, 0.3) is 0 Å². The molecule has 1 aromatic carbocycles. The SMILES string of the molecule is CC(c1ccccc1)N1CC(C(=O)N2CCN(C(=O)c3ccccn3)CC2)CC1=O. The molecule has 3 heterocycles. The first-order valence-electron chi connectivity index (χ1n) is 10.4. The lowest BCUT2D eigenvalue weighted by Crippen LogP contribution is -2.52. The number of piperazine rings is 1. The Morgan fingerprint density at radius 1 is 0.967 bits per heavy atom. The van der Waals surface area contributed by atoms with Crippen molar-refractivity contribution in [3.8, 4) is 0 Å². The molecule has 0 saturated carbocycles. The van der Waals surface area contributed by atoms with Crippen LogP contribution < -0.4 is 0 Å². The van der Waals surface area contributed by atoms with Crippen LogP contribution in [0.4, 0.5) is 0 Å².